The molecule has 4 nitrogen and oxygen atoms in total. The molecule has 1 aromatic carbocycles. The van der Waals surface area contributed by atoms with Gasteiger partial charge < -0.3 is 19.3 Å². The van der Waals surface area contributed by atoms with Crippen LogP contribution >= 0.6 is 0 Å². The van der Waals surface area contributed by atoms with Gasteiger partial charge in [-0.1, -0.05) is 19.9 Å². The average molecular weight is 266 g/mol. The fourth-order valence-electron chi connectivity index (χ4n) is 2.24. The summed E-state index contributed by atoms with van der Waals surface area (Å²) in [5.74, 6) is 1.48. The number of ether oxygens (including phenoxy) is 3. The normalized spacial score (nSPS) is 17.9. The Kier molecular flexibility index (Phi) is 4.32. The minimum Gasteiger partial charge on any atom is -0.490 e. The Morgan fingerprint density at radius 2 is 1.95 bits per heavy atom. The summed E-state index contributed by atoms with van der Waals surface area (Å²) < 4.78 is 16.4. The van der Waals surface area contributed by atoms with Crippen LogP contribution in [-0.2, 0) is 10.3 Å². The molecule has 0 radical (unpaired) electrons. The maximum Gasteiger partial charge on any atom is 0.161 e. The zero-order chi connectivity index (χ0) is 13.9. The van der Waals surface area contributed by atoms with Gasteiger partial charge in [-0.3, -0.25) is 0 Å². The van der Waals surface area contributed by atoms with Gasteiger partial charge in [0.1, 0.15) is 5.60 Å². The van der Waals surface area contributed by atoms with Crippen LogP contribution in [0.4, 0.5) is 0 Å². The van der Waals surface area contributed by atoms with Crippen LogP contribution in [0.5, 0.6) is 11.5 Å². The van der Waals surface area contributed by atoms with Crippen molar-refractivity contribution in [3.63, 3.8) is 0 Å². The van der Waals surface area contributed by atoms with Crippen molar-refractivity contribution in [1.82, 2.24) is 0 Å². The predicted molar refractivity (Wildman–Crippen MR) is 72.7 cm³/mol. The fourth-order valence-corrected chi connectivity index (χ4v) is 2.24. The standard InChI is InChI=1S/C15H22O4/c1-11(2)15(16,10-17-3)12-5-6-13-14(9-12)19-8-4-7-18-13/h5-6,9,11,16H,4,7-8,10H2,1-3H3. The summed E-state index contributed by atoms with van der Waals surface area (Å²) in [6.07, 6.45) is 0.872. The highest BCUT2D eigenvalue weighted by Gasteiger charge is 2.34. The van der Waals surface area contributed by atoms with E-state index in [-0.39, 0.29) is 12.5 Å². The second kappa shape index (κ2) is 5.80. The van der Waals surface area contributed by atoms with E-state index in [1.807, 2.05) is 32.0 Å². The molecular formula is C15H22O4. The van der Waals surface area contributed by atoms with Crippen LogP contribution in [0.2, 0.25) is 0 Å². The molecule has 106 valence electrons. The summed E-state index contributed by atoms with van der Waals surface area (Å²) in [5.41, 5.74) is -0.215. The molecule has 19 heavy (non-hydrogen) atoms. The first-order chi connectivity index (χ1) is 9.08. The van der Waals surface area contributed by atoms with E-state index in [2.05, 4.69) is 0 Å². The van der Waals surface area contributed by atoms with Gasteiger partial charge in [0.15, 0.2) is 11.5 Å². The van der Waals surface area contributed by atoms with Crippen molar-refractivity contribution in [1.29, 1.82) is 0 Å². The van der Waals surface area contributed by atoms with Crippen molar-refractivity contribution in [3.8, 4) is 11.5 Å². The largest absolute Gasteiger partial charge is 0.490 e. The van der Waals surface area contributed by atoms with E-state index in [9.17, 15) is 5.11 Å². The molecular weight excluding hydrogens is 244 g/mol. The zero-order valence-electron chi connectivity index (χ0n) is 11.8. The van der Waals surface area contributed by atoms with Gasteiger partial charge in [0, 0.05) is 13.5 Å². The van der Waals surface area contributed by atoms with Crippen LogP contribution in [0.25, 0.3) is 0 Å². The highest BCUT2D eigenvalue weighted by molar-refractivity contribution is 5.45. The topological polar surface area (TPSA) is 47.9 Å². The van der Waals surface area contributed by atoms with E-state index in [0.29, 0.717) is 19.0 Å². The second-order valence-corrected chi connectivity index (χ2v) is 5.22. The molecule has 1 atom stereocenters. The van der Waals surface area contributed by atoms with Crippen molar-refractivity contribution in [3.05, 3.63) is 23.8 Å². The first kappa shape index (κ1) is 14.2. The van der Waals surface area contributed by atoms with E-state index in [1.54, 1.807) is 7.11 Å². The molecule has 1 N–H and O–H groups in total. The summed E-state index contributed by atoms with van der Waals surface area (Å²) in [6, 6.07) is 5.60. The molecule has 0 spiro atoms. The summed E-state index contributed by atoms with van der Waals surface area (Å²) in [4.78, 5) is 0. The molecule has 0 amide bonds. The maximum absolute atomic E-state index is 10.8. The lowest BCUT2D eigenvalue weighted by atomic mass is 9.84. The summed E-state index contributed by atoms with van der Waals surface area (Å²) in [5, 5.41) is 10.8. The lowest BCUT2D eigenvalue weighted by Gasteiger charge is -2.32. The molecule has 1 unspecified atom stereocenters. The van der Waals surface area contributed by atoms with E-state index in [1.165, 1.54) is 0 Å². The van der Waals surface area contributed by atoms with Gasteiger partial charge in [0.25, 0.3) is 0 Å². The third-order valence-electron chi connectivity index (χ3n) is 3.57. The first-order valence-electron chi connectivity index (χ1n) is 6.69. The Bertz CT molecular complexity index is 430. The van der Waals surface area contributed by atoms with Gasteiger partial charge in [0.2, 0.25) is 0 Å². The Morgan fingerprint density at radius 1 is 1.26 bits per heavy atom. The number of hydrogen-bond acceptors (Lipinski definition) is 4. The smallest absolute Gasteiger partial charge is 0.161 e. The molecule has 0 fully saturated rings. The average Bonchev–Trinajstić information content (AvgIpc) is 2.62. The summed E-state index contributed by atoms with van der Waals surface area (Å²) >= 11 is 0. The molecule has 1 aliphatic heterocycles. The SMILES string of the molecule is COCC(O)(c1ccc2c(c1)OCCCO2)C(C)C. The van der Waals surface area contributed by atoms with Crippen LogP contribution < -0.4 is 9.47 Å². The summed E-state index contributed by atoms with van der Waals surface area (Å²) in [6.45, 7) is 5.51. The van der Waals surface area contributed by atoms with E-state index < -0.39 is 5.60 Å². The van der Waals surface area contributed by atoms with Crippen LogP contribution in [0, 0.1) is 5.92 Å². The Morgan fingerprint density at radius 3 is 2.58 bits per heavy atom. The van der Waals surface area contributed by atoms with E-state index in [4.69, 9.17) is 14.2 Å². The Balaban J connectivity index is 2.36. The Hall–Kier alpha value is -1.26. The lowest BCUT2D eigenvalue weighted by molar-refractivity contribution is -0.0701. The molecule has 0 aromatic heterocycles. The molecule has 0 saturated carbocycles. The van der Waals surface area contributed by atoms with Crippen molar-refractivity contribution < 1.29 is 19.3 Å². The first-order valence-corrected chi connectivity index (χ1v) is 6.69. The maximum atomic E-state index is 10.8. The van der Waals surface area contributed by atoms with Gasteiger partial charge in [-0.25, -0.2) is 0 Å². The predicted octanol–water partition coefficient (Wildman–Crippen LogP) is 2.34. The minimum atomic E-state index is -1.01. The Labute approximate surface area is 114 Å². The number of benzene rings is 1. The quantitative estimate of drug-likeness (QED) is 0.908. The third-order valence-corrected chi connectivity index (χ3v) is 3.57. The van der Waals surface area contributed by atoms with Crippen LogP contribution in [0.15, 0.2) is 18.2 Å². The molecule has 4 heteroatoms. The lowest BCUT2D eigenvalue weighted by Crippen LogP contribution is -2.36. The molecule has 0 aliphatic carbocycles. The zero-order valence-corrected chi connectivity index (χ0v) is 11.8. The third kappa shape index (κ3) is 2.85. The van der Waals surface area contributed by atoms with Gasteiger partial charge >= 0.3 is 0 Å². The minimum absolute atomic E-state index is 0.0391. The van der Waals surface area contributed by atoms with Crippen molar-refractivity contribution in [2.24, 2.45) is 5.92 Å². The van der Waals surface area contributed by atoms with Gasteiger partial charge in [-0.2, -0.15) is 0 Å². The monoisotopic (exact) mass is 266 g/mol. The number of methoxy groups -OCH3 is 1. The number of rotatable bonds is 4. The van der Waals surface area contributed by atoms with Gasteiger partial charge in [0.05, 0.1) is 19.8 Å². The highest BCUT2D eigenvalue weighted by atomic mass is 16.5. The molecule has 2 rings (SSSR count). The molecule has 1 aromatic rings. The van der Waals surface area contributed by atoms with E-state index in [0.717, 1.165) is 17.7 Å². The second-order valence-electron chi connectivity index (χ2n) is 5.22. The molecule has 0 saturated heterocycles. The molecule has 0 bridgehead atoms. The van der Waals surface area contributed by atoms with Crippen LogP contribution in [0.1, 0.15) is 25.8 Å². The highest BCUT2D eigenvalue weighted by Crippen LogP contribution is 2.37. The number of fused-ring (bicyclic) bond motifs is 1. The fraction of sp³-hybridized carbons (Fsp3) is 0.600. The van der Waals surface area contributed by atoms with Crippen LogP contribution in [0.3, 0.4) is 0 Å². The van der Waals surface area contributed by atoms with Crippen molar-refractivity contribution in [2.45, 2.75) is 25.9 Å². The van der Waals surface area contributed by atoms with Gasteiger partial charge in [-0.15, -0.1) is 0 Å². The molecule has 1 heterocycles. The van der Waals surface area contributed by atoms with Gasteiger partial charge in [-0.05, 0) is 23.6 Å². The van der Waals surface area contributed by atoms with E-state index >= 15 is 0 Å². The van der Waals surface area contributed by atoms with Crippen molar-refractivity contribution in [2.75, 3.05) is 26.9 Å². The molecule has 1 aliphatic rings. The van der Waals surface area contributed by atoms with Crippen LogP contribution in [-0.4, -0.2) is 32.0 Å². The number of aliphatic hydroxyl groups is 1. The number of hydrogen-bond donors (Lipinski definition) is 1. The summed E-state index contributed by atoms with van der Waals surface area (Å²) in [7, 11) is 1.59. The van der Waals surface area contributed by atoms with Crippen molar-refractivity contribution >= 4 is 0 Å².